The Balaban J connectivity index is 1.91. The predicted molar refractivity (Wildman–Crippen MR) is 74.5 cm³/mol. The van der Waals surface area contributed by atoms with Crippen molar-refractivity contribution in [3.05, 3.63) is 29.8 Å². The summed E-state index contributed by atoms with van der Waals surface area (Å²) in [4.78, 5) is 11.5. The fourth-order valence-corrected chi connectivity index (χ4v) is 2.18. The summed E-state index contributed by atoms with van der Waals surface area (Å²) in [6.45, 7) is 3.88. The van der Waals surface area contributed by atoms with Gasteiger partial charge < -0.3 is 15.4 Å². The number of hydrogen-bond acceptors (Lipinski definition) is 3. The van der Waals surface area contributed by atoms with Crippen LogP contribution < -0.4 is 10.6 Å². The Labute approximate surface area is 112 Å². The van der Waals surface area contributed by atoms with Crippen molar-refractivity contribution in [1.29, 1.82) is 0 Å². The molecule has 96 valence electrons. The third-order valence-electron chi connectivity index (χ3n) is 2.75. The molecule has 1 aromatic rings. The molecule has 1 fully saturated rings. The number of nitrogens with one attached hydrogen (secondary N) is 2. The Morgan fingerprint density at radius 3 is 2.89 bits per heavy atom. The monoisotopic (exact) mass is 264 g/mol. The molecule has 1 saturated heterocycles. The van der Waals surface area contributed by atoms with Gasteiger partial charge >= 0.3 is 5.97 Å². The number of anilines is 1. The lowest BCUT2D eigenvalue weighted by Crippen LogP contribution is -2.40. The molecule has 1 heterocycles. The van der Waals surface area contributed by atoms with E-state index in [9.17, 15) is 4.79 Å². The van der Waals surface area contributed by atoms with Gasteiger partial charge in [0.2, 0.25) is 0 Å². The summed E-state index contributed by atoms with van der Waals surface area (Å²) in [5.74, 6) is -0.240. The summed E-state index contributed by atoms with van der Waals surface area (Å²) >= 11 is 5.18. The van der Waals surface area contributed by atoms with E-state index in [1.807, 2.05) is 38.1 Å². The Morgan fingerprint density at radius 2 is 2.28 bits per heavy atom. The topological polar surface area (TPSA) is 50.4 Å². The van der Waals surface area contributed by atoms with Gasteiger partial charge in [-0.3, -0.25) is 0 Å². The molecule has 2 rings (SSSR count). The van der Waals surface area contributed by atoms with Crippen molar-refractivity contribution in [3.63, 3.8) is 0 Å². The predicted octanol–water partition coefficient (Wildman–Crippen LogP) is 1.99. The maximum Gasteiger partial charge on any atom is 0.329 e. The third-order valence-corrected chi connectivity index (χ3v) is 2.97. The minimum Gasteiger partial charge on any atom is -0.461 e. The van der Waals surface area contributed by atoms with Gasteiger partial charge in [0, 0.05) is 12.1 Å². The van der Waals surface area contributed by atoms with Gasteiger partial charge in [0.15, 0.2) is 5.11 Å². The minimum absolute atomic E-state index is 0.0447. The van der Waals surface area contributed by atoms with Gasteiger partial charge in [0.05, 0.1) is 0 Å². The smallest absolute Gasteiger partial charge is 0.329 e. The second kappa shape index (κ2) is 5.35. The summed E-state index contributed by atoms with van der Waals surface area (Å²) in [5.41, 5.74) is 2.06. The zero-order valence-corrected chi connectivity index (χ0v) is 11.2. The maximum atomic E-state index is 11.5. The summed E-state index contributed by atoms with van der Waals surface area (Å²) in [6.07, 6.45) is 0.603. The van der Waals surface area contributed by atoms with Crippen LogP contribution in [0.4, 0.5) is 5.69 Å². The number of ether oxygens (including phenoxy) is 1. The lowest BCUT2D eigenvalue weighted by atomic mass is 10.2. The molecule has 18 heavy (non-hydrogen) atoms. The van der Waals surface area contributed by atoms with Gasteiger partial charge in [-0.05, 0) is 43.8 Å². The van der Waals surface area contributed by atoms with Crippen LogP contribution in [0.3, 0.4) is 0 Å². The number of esters is 1. The second-order valence-electron chi connectivity index (χ2n) is 4.50. The number of aryl methyl sites for hydroxylation is 1. The molecule has 2 N–H and O–H groups in total. The molecule has 0 aromatic heterocycles. The van der Waals surface area contributed by atoms with Gasteiger partial charge in [-0.2, -0.15) is 0 Å². The van der Waals surface area contributed by atoms with Crippen LogP contribution in [-0.2, 0) is 9.53 Å². The van der Waals surface area contributed by atoms with Crippen molar-refractivity contribution in [1.82, 2.24) is 5.32 Å². The molecular formula is C13H16N2O2S. The zero-order chi connectivity index (χ0) is 13.1. The van der Waals surface area contributed by atoms with Crippen LogP contribution >= 0.6 is 12.2 Å². The van der Waals surface area contributed by atoms with Gasteiger partial charge in [-0.15, -0.1) is 0 Å². The number of carbonyl (C=O) groups is 1. The first kappa shape index (κ1) is 12.8. The number of rotatable bonds is 2. The fraction of sp³-hybridized carbons (Fsp3) is 0.385. The second-order valence-corrected chi connectivity index (χ2v) is 4.91. The van der Waals surface area contributed by atoms with E-state index in [4.69, 9.17) is 17.0 Å². The molecule has 4 nitrogen and oxygen atoms in total. The summed E-state index contributed by atoms with van der Waals surface area (Å²) in [6, 6.07) is 7.54. The third kappa shape index (κ3) is 3.20. The zero-order valence-electron chi connectivity index (χ0n) is 10.4. The Kier molecular flexibility index (Phi) is 3.81. The lowest BCUT2D eigenvalue weighted by molar-refractivity contribution is -0.142. The first-order chi connectivity index (χ1) is 8.54. The molecule has 1 aromatic carbocycles. The summed E-state index contributed by atoms with van der Waals surface area (Å²) in [7, 11) is 0. The normalized spacial score (nSPS) is 22.4. The van der Waals surface area contributed by atoms with E-state index >= 15 is 0 Å². The standard InChI is InChI=1S/C13H16N2O2S/c1-8-4-3-5-10(6-8)14-13(18)15-11-7-9(2)17-12(11)16/h3-6,9,11H,7H2,1-2H3,(H2,14,15,18)/t9-,11+/m1/s1. The molecule has 0 amide bonds. The Hall–Kier alpha value is -1.62. The summed E-state index contributed by atoms with van der Waals surface area (Å²) < 4.78 is 5.06. The van der Waals surface area contributed by atoms with E-state index in [2.05, 4.69) is 10.6 Å². The molecule has 0 aliphatic carbocycles. The Morgan fingerprint density at radius 1 is 1.50 bits per heavy atom. The van der Waals surface area contributed by atoms with Crippen molar-refractivity contribution in [2.75, 3.05) is 5.32 Å². The molecule has 0 radical (unpaired) electrons. The van der Waals surface area contributed by atoms with Gasteiger partial charge in [0.1, 0.15) is 12.1 Å². The molecule has 0 saturated carbocycles. The largest absolute Gasteiger partial charge is 0.461 e. The lowest BCUT2D eigenvalue weighted by Gasteiger charge is -2.13. The van der Waals surface area contributed by atoms with Crippen LogP contribution in [0.1, 0.15) is 18.9 Å². The number of carbonyl (C=O) groups excluding carboxylic acids is 1. The molecule has 1 aliphatic heterocycles. The van der Waals surface area contributed by atoms with Crippen molar-refractivity contribution in [2.45, 2.75) is 32.4 Å². The van der Waals surface area contributed by atoms with Crippen LogP contribution in [0, 0.1) is 6.92 Å². The molecule has 5 heteroatoms. The van der Waals surface area contributed by atoms with E-state index in [1.54, 1.807) is 0 Å². The highest BCUT2D eigenvalue weighted by molar-refractivity contribution is 7.80. The number of thiocarbonyl (C=S) groups is 1. The van der Waals surface area contributed by atoms with E-state index < -0.39 is 0 Å². The van der Waals surface area contributed by atoms with Gasteiger partial charge in [0.25, 0.3) is 0 Å². The van der Waals surface area contributed by atoms with Crippen molar-refractivity contribution < 1.29 is 9.53 Å². The highest BCUT2D eigenvalue weighted by atomic mass is 32.1. The molecule has 1 aliphatic rings. The maximum absolute atomic E-state index is 11.5. The minimum atomic E-state index is -0.343. The van der Waals surface area contributed by atoms with Gasteiger partial charge in [-0.25, -0.2) is 4.79 Å². The van der Waals surface area contributed by atoms with Crippen LogP contribution in [0.5, 0.6) is 0 Å². The van der Waals surface area contributed by atoms with Crippen LogP contribution in [0.25, 0.3) is 0 Å². The molecule has 0 bridgehead atoms. The van der Waals surface area contributed by atoms with Gasteiger partial charge in [-0.1, -0.05) is 12.1 Å². The first-order valence-corrected chi connectivity index (χ1v) is 6.30. The highest BCUT2D eigenvalue weighted by Gasteiger charge is 2.32. The molecular weight excluding hydrogens is 248 g/mol. The first-order valence-electron chi connectivity index (χ1n) is 5.89. The average Bonchev–Trinajstić information content (AvgIpc) is 2.57. The van der Waals surface area contributed by atoms with Crippen molar-refractivity contribution >= 4 is 29.0 Å². The van der Waals surface area contributed by atoms with Crippen molar-refractivity contribution in [2.24, 2.45) is 0 Å². The Bertz CT molecular complexity index is 476. The van der Waals surface area contributed by atoms with E-state index in [0.717, 1.165) is 11.3 Å². The number of hydrogen-bond donors (Lipinski definition) is 2. The molecule has 0 unspecified atom stereocenters. The SMILES string of the molecule is Cc1cccc(NC(=S)N[C@H]2C[C@@H](C)OC2=O)c1. The van der Waals surface area contributed by atoms with E-state index in [-0.39, 0.29) is 18.1 Å². The van der Waals surface area contributed by atoms with E-state index in [1.165, 1.54) is 0 Å². The number of cyclic esters (lactones) is 1. The fourth-order valence-electron chi connectivity index (χ4n) is 1.92. The summed E-state index contributed by atoms with van der Waals surface area (Å²) in [5, 5.41) is 6.47. The van der Waals surface area contributed by atoms with E-state index in [0.29, 0.717) is 11.5 Å². The van der Waals surface area contributed by atoms with Crippen molar-refractivity contribution in [3.8, 4) is 0 Å². The highest BCUT2D eigenvalue weighted by Crippen LogP contribution is 2.14. The quantitative estimate of drug-likeness (QED) is 0.632. The van der Waals surface area contributed by atoms with Crippen LogP contribution in [0.2, 0.25) is 0 Å². The average molecular weight is 264 g/mol. The van der Waals surface area contributed by atoms with Crippen LogP contribution in [0.15, 0.2) is 24.3 Å². The number of benzene rings is 1. The molecule has 2 atom stereocenters. The molecule has 0 spiro atoms. The van der Waals surface area contributed by atoms with Crippen LogP contribution in [-0.4, -0.2) is 23.2 Å².